The Labute approximate surface area is 125 Å². The Morgan fingerprint density at radius 1 is 1.48 bits per heavy atom. The molecule has 10 heteroatoms. The van der Waals surface area contributed by atoms with E-state index in [1.54, 1.807) is 0 Å². The molecular formula is C11H12ClN3O5S. The van der Waals surface area contributed by atoms with Crippen LogP contribution in [0, 0.1) is 10.1 Å². The van der Waals surface area contributed by atoms with Gasteiger partial charge >= 0.3 is 0 Å². The molecule has 1 aliphatic heterocycles. The highest BCUT2D eigenvalue weighted by Crippen LogP contribution is 2.30. The molecule has 2 rings (SSSR count). The van der Waals surface area contributed by atoms with Crippen LogP contribution in [0.4, 0.5) is 5.69 Å². The zero-order valence-corrected chi connectivity index (χ0v) is 12.5. The van der Waals surface area contributed by atoms with Crippen molar-refractivity contribution in [1.29, 1.82) is 0 Å². The molecule has 1 aromatic rings. The molecular weight excluding hydrogens is 322 g/mol. The summed E-state index contributed by atoms with van der Waals surface area (Å²) >= 11 is 5.67. The second-order valence-electron chi connectivity index (χ2n) is 4.45. The lowest BCUT2D eigenvalue weighted by Crippen LogP contribution is -2.55. The van der Waals surface area contributed by atoms with E-state index in [9.17, 15) is 23.3 Å². The average Bonchev–Trinajstić information content (AvgIpc) is 2.41. The standard InChI is InChI=1S/C11H12ClN3O5S/c1-7-11(16)13-4-5-14(7)21(19,20)10-3-2-8(12)6-9(10)15(17)18/h2-3,6-7H,4-5H2,1H3,(H,13,16). The number of hydrogen-bond acceptors (Lipinski definition) is 5. The van der Waals surface area contributed by atoms with Crippen molar-refractivity contribution < 1.29 is 18.1 Å². The van der Waals surface area contributed by atoms with Crippen LogP contribution in [0.3, 0.4) is 0 Å². The average molecular weight is 334 g/mol. The van der Waals surface area contributed by atoms with E-state index in [0.717, 1.165) is 16.4 Å². The fourth-order valence-electron chi connectivity index (χ4n) is 2.07. The minimum Gasteiger partial charge on any atom is -0.353 e. The molecule has 0 radical (unpaired) electrons. The van der Waals surface area contributed by atoms with Gasteiger partial charge in [0.1, 0.15) is 6.04 Å². The predicted octanol–water partition coefficient (Wildman–Crippen LogP) is 0.757. The number of benzene rings is 1. The van der Waals surface area contributed by atoms with Crippen molar-refractivity contribution >= 4 is 33.2 Å². The van der Waals surface area contributed by atoms with Gasteiger partial charge in [-0.2, -0.15) is 4.31 Å². The molecule has 0 saturated carbocycles. The maximum absolute atomic E-state index is 12.6. The zero-order chi connectivity index (χ0) is 15.8. The fourth-order valence-corrected chi connectivity index (χ4v) is 3.97. The number of sulfonamides is 1. The maximum Gasteiger partial charge on any atom is 0.290 e. The molecule has 1 aromatic carbocycles. The summed E-state index contributed by atoms with van der Waals surface area (Å²) in [5.41, 5.74) is -0.610. The molecule has 0 bridgehead atoms. The number of carbonyl (C=O) groups excluding carboxylic acids is 1. The van der Waals surface area contributed by atoms with E-state index in [2.05, 4.69) is 5.32 Å². The van der Waals surface area contributed by atoms with Crippen molar-refractivity contribution in [2.24, 2.45) is 0 Å². The Hall–Kier alpha value is -1.71. The molecule has 0 aliphatic carbocycles. The number of nitrogens with one attached hydrogen (secondary N) is 1. The van der Waals surface area contributed by atoms with Gasteiger partial charge in [0.05, 0.1) is 4.92 Å². The van der Waals surface area contributed by atoms with Crippen molar-refractivity contribution in [1.82, 2.24) is 9.62 Å². The van der Waals surface area contributed by atoms with Gasteiger partial charge < -0.3 is 5.32 Å². The van der Waals surface area contributed by atoms with Crippen LogP contribution < -0.4 is 5.32 Å². The van der Waals surface area contributed by atoms with Crippen molar-refractivity contribution in [2.75, 3.05) is 13.1 Å². The first kappa shape index (κ1) is 15.7. The molecule has 0 spiro atoms. The van der Waals surface area contributed by atoms with E-state index >= 15 is 0 Å². The minimum atomic E-state index is -4.16. The van der Waals surface area contributed by atoms with Gasteiger partial charge in [0, 0.05) is 24.2 Å². The molecule has 1 amide bonds. The smallest absolute Gasteiger partial charge is 0.290 e. The Morgan fingerprint density at radius 2 is 2.14 bits per heavy atom. The topological polar surface area (TPSA) is 110 Å². The highest BCUT2D eigenvalue weighted by atomic mass is 35.5. The van der Waals surface area contributed by atoms with E-state index in [-0.39, 0.29) is 18.1 Å². The van der Waals surface area contributed by atoms with Gasteiger partial charge in [0.25, 0.3) is 15.7 Å². The molecule has 1 aliphatic rings. The van der Waals surface area contributed by atoms with Crippen LogP contribution >= 0.6 is 11.6 Å². The van der Waals surface area contributed by atoms with Gasteiger partial charge in [0.15, 0.2) is 4.90 Å². The highest BCUT2D eigenvalue weighted by molar-refractivity contribution is 7.89. The zero-order valence-electron chi connectivity index (χ0n) is 10.9. The second kappa shape index (κ2) is 5.58. The molecule has 114 valence electrons. The Bertz CT molecular complexity index is 706. The second-order valence-corrected chi connectivity index (χ2v) is 6.75. The Balaban J connectivity index is 2.54. The first-order valence-electron chi connectivity index (χ1n) is 5.98. The number of piperazine rings is 1. The first-order chi connectivity index (χ1) is 9.75. The number of rotatable bonds is 3. The maximum atomic E-state index is 12.6. The van der Waals surface area contributed by atoms with Gasteiger partial charge in [-0.1, -0.05) is 11.6 Å². The van der Waals surface area contributed by atoms with E-state index in [4.69, 9.17) is 11.6 Å². The third-order valence-electron chi connectivity index (χ3n) is 3.15. The number of nitro benzene ring substituents is 1. The Kier molecular flexibility index (Phi) is 4.17. The number of nitro groups is 1. The lowest BCUT2D eigenvalue weighted by Gasteiger charge is -2.31. The number of halogens is 1. The monoisotopic (exact) mass is 333 g/mol. The van der Waals surface area contributed by atoms with E-state index in [1.807, 2.05) is 0 Å². The van der Waals surface area contributed by atoms with Crippen molar-refractivity contribution in [3.63, 3.8) is 0 Å². The molecule has 8 nitrogen and oxygen atoms in total. The number of carbonyl (C=O) groups is 1. The minimum absolute atomic E-state index is 0.0506. The molecule has 1 unspecified atom stereocenters. The molecule has 1 heterocycles. The van der Waals surface area contributed by atoms with Crippen LogP contribution in [0.25, 0.3) is 0 Å². The summed E-state index contributed by atoms with van der Waals surface area (Å²) in [5.74, 6) is -0.443. The third kappa shape index (κ3) is 2.85. The first-order valence-corrected chi connectivity index (χ1v) is 7.80. The Morgan fingerprint density at radius 3 is 2.76 bits per heavy atom. The van der Waals surface area contributed by atoms with Gasteiger partial charge in [-0.15, -0.1) is 0 Å². The molecule has 1 saturated heterocycles. The van der Waals surface area contributed by atoms with Crippen LogP contribution in [0.15, 0.2) is 23.1 Å². The third-order valence-corrected chi connectivity index (χ3v) is 5.40. The van der Waals surface area contributed by atoms with E-state index < -0.39 is 37.5 Å². The van der Waals surface area contributed by atoms with Crippen molar-refractivity contribution in [3.05, 3.63) is 33.3 Å². The fraction of sp³-hybridized carbons (Fsp3) is 0.364. The lowest BCUT2D eigenvalue weighted by atomic mass is 10.2. The van der Waals surface area contributed by atoms with Crippen LogP contribution in [0.2, 0.25) is 5.02 Å². The molecule has 1 fully saturated rings. The normalized spacial score (nSPS) is 20.1. The molecule has 0 aromatic heterocycles. The number of nitrogens with zero attached hydrogens (tertiary/aromatic N) is 2. The summed E-state index contributed by atoms with van der Waals surface area (Å²) in [6, 6.07) is 2.38. The summed E-state index contributed by atoms with van der Waals surface area (Å²) in [6.45, 7) is 1.63. The van der Waals surface area contributed by atoms with Gasteiger partial charge in [-0.25, -0.2) is 8.42 Å². The quantitative estimate of drug-likeness (QED) is 0.648. The molecule has 21 heavy (non-hydrogen) atoms. The molecule has 1 N–H and O–H groups in total. The van der Waals surface area contributed by atoms with E-state index in [1.165, 1.54) is 13.0 Å². The summed E-state index contributed by atoms with van der Waals surface area (Å²) < 4.78 is 26.1. The van der Waals surface area contributed by atoms with Gasteiger partial charge in [-0.3, -0.25) is 14.9 Å². The van der Waals surface area contributed by atoms with Crippen LogP contribution in [0.5, 0.6) is 0 Å². The van der Waals surface area contributed by atoms with Crippen molar-refractivity contribution in [3.8, 4) is 0 Å². The summed E-state index contributed by atoms with van der Waals surface area (Å²) in [4.78, 5) is 21.3. The van der Waals surface area contributed by atoms with Crippen LogP contribution in [-0.2, 0) is 14.8 Å². The van der Waals surface area contributed by atoms with Gasteiger partial charge in [0.2, 0.25) is 5.91 Å². The molecule has 1 atom stereocenters. The summed E-state index contributed by atoms with van der Waals surface area (Å²) in [7, 11) is -4.16. The number of amides is 1. The summed E-state index contributed by atoms with van der Waals surface area (Å²) in [6.07, 6.45) is 0. The summed E-state index contributed by atoms with van der Waals surface area (Å²) in [5, 5.41) is 13.6. The van der Waals surface area contributed by atoms with Crippen molar-refractivity contribution in [2.45, 2.75) is 17.9 Å². The van der Waals surface area contributed by atoms with Crippen LogP contribution in [-0.4, -0.2) is 42.7 Å². The van der Waals surface area contributed by atoms with E-state index in [0.29, 0.717) is 0 Å². The number of hydrogen-bond donors (Lipinski definition) is 1. The largest absolute Gasteiger partial charge is 0.353 e. The van der Waals surface area contributed by atoms with Gasteiger partial charge in [-0.05, 0) is 19.1 Å². The predicted molar refractivity (Wildman–Crippen MR) is 74.5 cm³/mol. The lowest BCUT2D eigenvalue weighted by molar-refractivity contribution is -0.387. The van der Waals surface area contributed by atoms with Crippen LogP contribution in [0.1, 0.15) is 6.92 Å². The highest BCUT2D eigenvalue weighted by Gasteiger charge is 2.38. The SMILES string of the molecule is CC1C(=O)NCCN1S(=O)(=O)c1ccc(Cl)cc1[N+](=O)[O-].